The Morgan fingerprint density at radius 1 is 1.09 bits per heavy atom. The second-order valence-corrected chi connectivity index (χ2v) is 5.42. The summed E-state index contributed by atoms with van der Waals surface area (Å²) < 4.78 is 10.5. The van der Waals surface area contributed by atoms with Crippen LogP contribution in [0.2, 0.25) is 5.02 Å². The predicted molar refractivity (Wildman–Crippen MR) is 80.2 cm³/mol. The molecule has 1 fully saturated rings. The number of halogens is 1. The van der Waals surface area contributed by atoms with Crippen LogP contribution in [0, 0.1) is 0 Å². The lowest BCUT2D eigenvalue weighted by Crippen LogP contribution is -2.59. The van der Waals surface area contributed by atoms with E-state index in [0.717, 1.165) is 5.56 Å². The standard InChI is InChI=1S/C15H19ClO6/c16-10-5-3-9(4-6-10)2-1-7-21-15-14(20)13(19)12(18)11(8-17)22-15/h1-6,11-15,17-20H,7-8H2/b2-1+/t11-,12-,13+,14-,15-/m1/s1. The van der Waals surface area contributed by atoms with Crippen molar-refractivity contribution < 1.29 is 29.9 Å². The maximum atomic E-state index is 9.79. The van der Waals surface area contributed by atoms with Gasteiger partial charge < -0.3 is 29.9 Å². The maximum Gasteiger partial charge on any atom is 0.187 e. The molecule has 4 N–H and O–H groups in total. The molecule has 0 unspecified atom stereocenters. The third kappa shape index (κ3) is 4.27. The molecule has 122 valence electrons. The van der Waals surface area contributed by atoms with Crippen LogP contribution in [-0.2, 0) is 9.47 Å². The van der Waals surface area contributed by atoms with Crippen LogP contribution in [0.3, 0.4) is 0 Å². The average molecular weight is 331 g/mol. The van der Waals surface area contributed by atoms with Crippen molar-refractivity contribution in [3.05, 3.63) is 40.9 Å². The van der Waals surface area contributed by atoms with Gasteiger partial charge in [-0.1, -0.05) is 35.9 Å². The Bertz CT molecular complexity index is 489. The zero-order chi connectivity index (χ0) is 16.1. The van der Waals surface area contributed by atoms with Crippen molar-refractivity contribution in [1.29, 1.82) is 0 Å². The number of hydrogen-bond acceptors (Lipinski definition) is 6. The Kier molecular flexibility index (Phi) is 6.34. The summed E-state index contributed by atoms with van der Waals surface area (Å²) in [6.07, 6.45) is -2.78. The van der Waals surface area contributed by atoms with Gasteiger partial charge in [0, 0.05) is 5.02 Å². The monoisotopic (exact) mass is 330 g/mol. The molecule has 1 aliphatic heterocycles. The quantitative estimate of drug-likeness (QED) is 0.614. The Hall–Kier alpha value is -0.990. The molecule has 1 aromatic rings. The van der Waals surface area contributed by atoms with Gasteiger partial charge >= 0.3 is 0 Å². The Morgan fingerprint density at radius 3 is 2.41 bits per heavy atom. The van der Waals surface area contributed by atoms with Crippen LogP contribution < -0.4 is 0 Å². The van der Waals surface area contributed by atoms with Gasteiger partial charge in [0.15, 0.2) is 6.29 Å². The lowest BCUT2D eigenvalue weighted by atomic mass is 9.99. The third-order valence-corrected chi connectivity index (χ3v) is 3.64. The largest absolute Gasteiger partial charge is 0.394 e. The van der Waals surface area contributed by atoms with Crippen molar-refractivity contribution in [1.82, 2.24) is 0 Å². The molecule has 0 radical (unpaired) electrons. The molecule has 0 aliphatic carbocycles. The first-order chi connectivity index (χ1) is 10.5. The van der Waals surface area contributed by atoms with Crippen LogP contribution in [0.5, 0.6) is 0 Å². The smallest absolute Gasteiger partial charge is 0.187 e. The summed E-state index contributed by atoms with van der Waals surface area (Å²) in [6, 6.07) is 7.21. The minimum absolute atomic E-state index is 0.130. The van der Waals surface area contributed by atoms with E-state index >= 15 is 0 Å². The van der Waals surface area contributed by atoms with E-state index in [-0.39, 0.29) is 6.61 Å². The van der Waals surface area contributed by atoms with E-state index < -0.39 is 37.3 Å². The van der Waals surface area contributed by atoms with Crippen molar-refractivity contribution in [3.8, 4) is 0 Å². The highest BCUT2D eigenvalue weighted by Crippen LogP contribution is 2.22. The number of aliphatic hydroxyl groups is 4. The highest BCUT2D eigenvalue weighted by molar-refractivity contribution is 6.30. The molecule has 0 amide bonds. The van der Waals surface area contributed by atoms with Crippen LogP contribution in [0.1, 0.15) is 5.56 Å². The zero-order valence-corrected chi connectivity index (χ0v) is 12.5. The van der Waals surface area contributed by atoms with E-state index in [2.05, 4.69) is 0 Å². The summed E-state index contributed by atoms with van der Waals surface area (Å²) in [5.41, 5.74) is 0.932. The molecule has 22 heavy (non-hydrogen) atoms. The third-order valence-electron chi connectivity index (χ3n) is 3.39. The van der Waals surface area contributed by atoms with Crippen LogP contribution in [-0.4, -0.2) is 64.3 Å². The van der Waals surface area contributed by atoms with E-state index in [0.29, 0.717) is 5.02 Å². The molecule has 1 aliphatic rings. The molecule has 0 spiro atoms. The first kappa shape index (κ1) is 17.4. The van der Waals surface area contributed by atoms with Gasteiger partial charge in [-0.2, -0.15) is 0 Å². The van der Waals surface area contributed by atoms with E-state index in [1.807, 2.05) is 12.1 Å². The second kappa shape index (κ2) is 8.03. The minimum atomic E-state index is -1.43. The van der Waals surface area contributed by atoms with Gasteiger partial charge in [0.2, 0.25) is 0 Å². The molecule has 0 bridgehead atoms. The minimum Gasteiger partial charge on any atom is -0.394 e. The first-order valence-corrected chi connectivity index (χ1v) is 7.25. The molecule has 1 aromatic carbocycles. The number of aliphatic hydroxyl groups excluding tert-OH is 4. The molecule has 1 heterocycles. The van der Waals surface area contributed by atoms with Crippen LogP contribution >= 0.6 is 11.6 Å². The molecule has 7 heteroatoms. The summed E-state index contributed by atoms with van der Waals surface area (Å²) in [5, 5.41) is 38.8. The number of ether oxygens (including phenoxy) is 2. The molecular weight excluding hydrogens is 312 g/mol. The van der Waals surface area contributed by atoms with E-state index in [9.17, 15) is 15.3 Å². The molecule has 6 nitrogen and oxygen atoms in total. The van der Waals surface area contributed by atoms with Gasteiger partial charge in [-0.3, -0.25) is 0 Å². The Morgan fingerprint density at radius 2 is 1.77 bits per heavy atom. The van der Waals surface area contributed by atoms with Crippen molar-refractivity contribution in [3.63, 3.8) is 0 Å². The lowest BCUT2D eigenvalue weighted by Gasteiger charge is -2.39. The zero-order valence-electron chi connectivity index (χ0n) is 11.7. The van der Waals surface area contributed by atoms with Crippen molar-refractivity contribution in [2.24, 2.45) is 0 Å². The van der Waals surface area contributed by atoms with Crippen LogP contribution in [0.25, 0.3) is 6.08 Å². The van der Waals surface area contributed by atoms with Crippen molar-refractivity contribution >= 4 is 17.7 Å². The fourth-order valence-corrected chi connectivity index (χ4v) is 2.24. The molecule has 0 aromatic heterocycles. The van der Waals surface area contributed by atoms with E-state index in [4.69, 9.17) is 26.2 Å². The van der Waals surface area contributed by atoms with Crippen LogP contribution in [0.4, 0.5) is 0 Å². The SMILES string of the molecule is OC[C@H]1O[C@@H](OC/C=C/c2ccc(Cl)cc2)[C@H](O)[C@@H](O)[C@@H]1O. The van der Waals surface area contributed by atoms with Gasteiger partial charge in [-0.25, -0.2) is 0 Å². The Labute approximate surface area is 133 Å². The van der Waals surface area contributed by atoms with Crippen molar-refractivity contribution in [2.45, 2.75) is 30.7 Å². The summed E-state index contributed by atoms with van der Waals surface area (Å²) in [5.74, 6) is 0. The normalized spacial score (nSPS) is 32.5. The first-order valence-electron chi connectivity index (χ1n) is 6.87. The molecule has 0 saturated carbocycles. The molecular formula is C15H19ClO6. The fraction of sp³-hybridized carbons (Fsp3) is 0.467. The summed E-state index contributed by atoms with van der Waals surface area (Å²) in [7, 11) is 0. The summed E-state index contributed by atoms with van der Waals surface area (Å²) >= 11 is 5.79. The number of benzene rings is 1. The van der Waals surface area contributed by atoms with Gasteiger partial charge in [-0.15, -0.1) is 0 Å². The van der Waals surface area contributed by atoms with Gasteiger partial charge in [0.25, 0.3) is 0 Å². The van der Waals surface area contributed by atoms with Gasteiger partial charge in [-0.05, 0) is 17.7 Å². The Balaban J connectivity index is 1.86. The van der Waals surface area contributed by atoms with Gasteiger partial charge in [0.1, 0.15) is 24.4 Å². The maximum absolute atomic E-state index is 9.79. The molecule has 1 saturated heterocycles. The average Bonchev–Trinajstić information content (AvgIpc) is 2.53. The highest BCUT2D eigenvalue weighted by atomic mass is 35.5. The molecule has 2 rings (SSSR count). The number of rotatable bonds is 5. The molecule has 5 atom stereocenters. The topological polar surface area (TPSA) is 99.4 Å². The van der Waals surface area contributed by atoms with Crippen LogP contribution in [0.15, 0.2) is 30.3 Å². The van der Waals surface area contributed by atoms with E-state index in [1.165, 1.54) is 0 Å². The summed E-state index contributed by atoms with van der Waals surface area (Å²) in [4.78, 5) is 0. The second-order valence-electron chi connectivity index (χ2n) is 4.98. The summed E-state index contributed by atoms with van der Waals surface area (Å²) in [6.45, 7) is -0.350. The fourth-order valence-electron chi connectivity index (χ4n) is 2.11. The number of hydrogen-bond donors (Lipinski definition) is 4. The van der Waals surface area contributed by atoms with E-state index in [1.54, 1.807) is 24.3 Å². The van der Waals surface area contributed by atoms with Gasteiger partial charge in [0.05, 0.1) is 13.2 Å². The lowest BCUT2D eigenvalue weighted by molar-refractivity contribution is -0.298. The highest BCUT2D eigenvalue weighted by Gasteiger charge is 2.43. The van der Waals surface area contributed by atoms with Crippen molar-refractivity contribution in [2.75, 3.05) is 13.2 Å². The predicted octanol–water partition coefficient (Wildman–Crippen LogP) is 0.170.